The topological polar surface area (TPSA) is 39.2 Å². The van der Waals surface area contributed by atoms with E-state index in [2.05, 4.69) is 13.0 Å². The zero-order valence-corrected chi connectivity index (χ0v) is 9.83. The van der Waals surface area contributed by atoms with Crippen molar-refractivity contribution in [3.05, 3.63) is 35.6 Å². The number of furan rings is 1. The molecule has 2 heteroatoms. The number of nitrogens with two attached hydrogens (primary N) is 1. The predicted octanol–water partition coefficient (Wildman–Crippen LogP) is 3.62. The van der Waals surface area contributed by atoms with Crippen molar-refractivity contribution < 1.29 is 4.42 Å². The minimum absolute atomic E-state index is 0.568. The summed E-state index contributed by atoms with van der Waals surface area (Å²) in [5.41, 5.74) is 7.96. The van der Waals surface area contributed by atoms with Gasteiger partial charge in [0.05, 0.1) is 0 Å². The molecule has 0 bridgehead atoms. The van der Waals surface area contributed by atoms with E-state index in [1.807, 2.05) is 18.2 Å². The number of hydrogen-bond acceptors (Lipinski definition) is 2. The molecule has 0 amide bonds. The van der Waals surface area contributed by atoms with E-state index in [9.17, 15) is 0 Å². The molecule has 2 nitrogen and oxygen atoms in total. The Morgan fingerprint density at radius 1 is 1.19 bits per heavy atom. The molecule has 0 spiro atoms. The lowest BCUT2D eigenvalue weighted by atomic mass is 10.1. The molecular formula is C14H19NO. The average Bonchev–Trinajstić information content (AvgIpc) is 2.67. The number of hydrogen-bond donors (Lipinski definition) is 1. The van der Waals surface area contributed by atoms with Crippen LogP contribution in [0.1, 0.15) is 37.5 Å². The standard InChI is InChI=1S/C14H19NO/c1-2-3-4-8-14-12(10-15)11-7-5-6-9-13(11)16-14/h5-7,9H,2-4,8,10,15H2,1H3. The third-order valence-electron chi connectivity index (χ3n) is 2.99. The van der Waals surface area contributed by atoms with Gasteiger partial charge in [-0.25, -0.2) is 0 Å². The van der Waals surface area contributed by atoms with Gasteiger partial charge in [-0.05, 0) is 12.5 Å². The highest BCUT2D eigenvalue weighted by atomic mass is 16.3. The SMILES string of the molecule is CCCCCc1oc2ccccc2c1CN. The first-order chi connectivity index (χ1) is 7.86. The fraction of sp³-hybridized carbons (Fsp3) is 0.429. The molecule has 0 atom stereocenters. The van der Waals surface area contributed by atoms with Gasteiger partial charge < -0.3 is 10.2 Å². The van der Waals surface area contributed by atoms with Crippen LogP contribution in [0.25, 0.3) is 11.0 Å². The second kappa shape index (κ2) is 5.17. The zero-order valence-electron chi connectivity index (χ0n) is 9.83. The monoisotopic (exact) mass is 217 g/mol. The molecule has 2 rings (SSSR count). The van der Waals surface area contributed by atoms with Crippen molar-refractivity contribution in [1.29, 1.82) is 0 Å². The van der Waals surface area contributed by atoms with Crippen molar-refractivity contribution >= 4 is 11.0 Å². The first-order valence-corrected chi connectivity index (χ1v) is 6.06. The smallest absolute Gasteiger partial charge is 0.134 e. The molecule has 0 radical (unpaired) electrons. The summed E-state index contributed by atoms with van der Waals surface area (Å²) in [5.74, 6) is 1.08. The van der Waals surface area contributed by atoms with E-state index >= 15 is 0 Å². The third-order valence-corrected chi connectivity index (χ3v) is 2.99. The van der Waals surface area contributed by atoms with Gasteiger partial charge in [0, 0.05) is 23.9 Å². The molecule has 1 aromatic carbocycles. The second-order valence-electron chi connectivity index (χ2n) is 4.16. The highest BCUT2D eigenvalue weighted by Crippen LogP contribution is 2.26. The number of unbranched alkanes of at least 4 members (excludes halogenated alkanes) is 2. The molecule has 0 aliphatic rings. The number of para-hydroxylation sites is 1. The Morgan fingerprint density at radius 2 is 2.00 bits per heavy atom. The number of aryl methyl sites for hydroxylation is 1. The summed E-state index contributed by atoms with van der Waals surface area (Å²) in [7, 11) is 0. The fourth-order valence-corrected chi connectivity index (χ4v) is 2.11. The molecule has 2 N–H and O–H groups in total. The summed E-state index contributed by atoms with van der Waals surface area (Å²) in [6.45, 7) is 2.78. The maximum Gasteiger partial charge on any atom is 0.134 e. The van der Waals surface area contributed by atoms with E-state index in [1.165, 1.54) is 30.2 Å². The van der Waals surface area contributed by atoms with Crippen LogP contribution in [0.4, 0.5) is 0 Å². The van der Waals surface area contributed by atoms with Crippen LogP contribution in [0, 0.1) is 0 Å². The Kier molecular flexibility index (Phi) is 3.62. The van der Waals surface area contributed by atoms with Gasteiger partial charge >= 0.3 is 0 Å². The van der Waals surface area contributed by atoms with Crippen LogP contribution >= 0.6 is 0 Å². The van der Waals surface area contributed by atoms with Crippen molar-refractivity contribution in [1.82, 2.24) is 0 Å². The molecule has 0 aliphatic carbocycles. The first-order valence-electron chi connectivity index (χ1n) is 6.06. The second-order valence-corrected chi connectivity index (χ2v) is 4.16. The fourth-order valence-electron chi connectivity index (χ4n) is 2.11. The summed E-state index contributed by atoms with van der Waals surface area (Å²) in [6, 6.07) is 8.14. The van der Waals surface area contributed by atoms with Crippen LogP contribution in [0.3, 0.4) is 0 Å². The maximum atomic E-state index is 5.86. The summed E-state index contributed by atoms with van der Waals surface area (Å²) in [4.78, 5) is 0. The van der Waals surface area contributed by atoms with Gasteiger partial charge in [0.25, 0.3) is 0 Å². The number of rotatable bonds is 5. The van der Waals surface area contributed by atoms with Crippen LogP contribution in [0.15, 0.2) is 28.7 Å². The first kappa shape index (κ1) is 11.2. The Bertz CT molecular complexity index is 459. The minimum atomic E-state index is 0.568. The summed E-state index contributed by atoms with van der Waals surface area (Å²) < 4.78 is 5.86. The Morgan fingerprint density at radius 3 is 2.75 bits per heavy atom. The lowest BCUT2D eigenvalue weighted by Crippen LogP contribution is -1.99. The van der Waals surface area contributed by atoms with Crippen LogP contribution in [-0.4, -0.2) is 0 Å². The maximum absolute atomic E-state index is 5.86. The summed E-state index contributed by atoms with van der Waals surface area (Å²) in [6.07, 6.45) is 4.68. The molecule has 1 aromatic heterocycles. The number of benzene rings is 1. The van der Waals surface area contributed by atoms with E-state index in [4.69, 9.17) is 10.2 Å². The molecule has 0 unspecified atom stereocenters. The highest BCUT2D eigenvalue weighted by molar-refractivity contribution is 5.82. The predicted molar refractivity (Wildman–Crippen MR) is 67.3 cm³/mol. The molecule has 16 heavy (non-hydrogen) atoms. The molecule has 0 saturated heterocycles. The van der Waals surface area contributed by atoms with E-state index in [-0.39, 0.29) is 0 Å². The van der Waals surface area contributed by atoms with Crippen LogP contribution in [-0.2, 0) is 13.0 Å². The highest BCUT2D eigenvalue weighted by Gasteiger charge is 2.11. The molecule has 0 aliphatic heterocycles. The van der Waals surface area contributed by atoms with E-state index in [0.29, 0.717) is 6.54 Å². The average molecular weight is 217 g/mol. The van der Waals surface area contributed by atoms with Gasteiger partial charge in [-0.15, -0.1) is 0 Å². The van der Waals surface area contributed by atoms with Crippen molar-refractivity contribution in [2.24, 2.45) is 5.73 Å². The lowest BCUT2D eigenvalue weighted by Gasteiger charge is -1.99. The normalized spacial score (nSPS) is 11.1. The molecular weight excluding hydrogens is 198 g/mol. The van der Waals surface area contributed by atoms with Crippen molar-refractivity contribution in [3.8, 4) is 0 Å². The Hall–Kier alpha value is -1.28. The van der Waals surface area contributed by atoms with E-state index < -0.39 is 0 Å². The Labute approximate surface area is 96.4 Å². The number of fused-ring (bicyclic) bond motifs is 1. The largest absolute Gasteiger partial charge is 0.461 e. The van der Waals surface area contributed by atoms with Crippen molar-refractivity contribution in [2.45, 2.75) is 39.2 Å². The van der Waals surface area contributed by atoms with Gasteiger partial charge in [0.2, 0.25) is 0 Å². The zero-order chi connectivity index (χ0) is 11.4. The van der Waals surface area contributed by atoms with Gasteiger partial charge in [0.1, 0.15) is 11.3 Å². The van der Waals surface area contributed by atoms with Gasteiger partial charge in [-0.2, -0.15) is 0 Å². The van der Waals surface area contributed by atoms with Crippen LogP contribution in [0.5, 0.6) is 0 Å². The van der Waals surface area contributed by atoms with Gasteiger partial charge in [-0.3, -0.25) is 0 Å². The van der Waals surface area contributed by atoms with Crippen molar-refractivity contribution in [3.63, 3.8) is 0 Å². The lowest BCUT2D eigenvalue weighted by molar-refractivity contribution is 0.525. The third kappa shape index (κ3) is 2.12. The molecule has 0 saturated carbocycles. The van der Waals surface area contributed by atoms with Crippen LogP contribution < -0.4 is 5.73 Å². The molecule has 0 fully saturated rings. The molecule has 86 valence electrons. The quantitative estimate of drug-likeness (QED) is 0.777. The summed E-state index contributed by atoms with van der Waals surface area (Å²) >= 11 is 0. The van der Waals surface area contributed by atoms with Gasteiger partial charge in [0.15, 0.2) is 0 Å². The van der Waals surface area contributed by atoms with E-state index in [0.717, 1.165) is 17.8 Å². The van der Waals surface area contributed by atoms with Crippen LogP contribution in [0.2, 0.25) is 0 Å². The molecule has 1 heterocycles. The van der Waals surface area contributed by atoms with Gasteiger partial charge in [-0.1, -0.05) is 38.0 Å². The van der Waals surface area contributed by atoms with E-state index in [1.54, 1.807) is 0 Å². The molecule has 2 aromatic rings. The summed E-state index contributed by atoms with van der Waals surface area (Å²) in [5, 5.41) is 1.18. The van der Waals surface area contributed by atoms with Crippen molar-refractivity contribution in [2.75, 3.05) is 0 Å². The minimum Gasteiger partial charge on any atom is -0.461 e. The Balaban J connectivity index is 2.29.